The van der Waals surface area contributed by atoms with Gasteiger partial charge in [-0.2, -0.15) is 0 Å². The monoisotopic (exact) mass is 433 g/mol. The van der Waals surface area contributed by atoms with Gasteiger partial charge in [0.2, 0.25) is 0 Å². The highest BCUT2D eigenvalue weighted by atomic mass is 32.2. The van der Waals surface area contributed by atoms with Crippen molar-refractivity contribution in [2.75, 3.05) is 5.32 Å². The zero-order valence-electron chi connectivity index (χ0n) is 17.9. The molecule has 1 heterocycles. The predicted octanol–water partition coefficient (Wildman–Crippen LogP) is 7.66. The molecule has 4 aromatic rings. The number of hydrogen-bond donors (Lipinski definition) is 1. The smallest absolute Gasteiger partial charge is 0.193 e. The molecule has 1 aliphatic carbocycles. The maximum atomic E-state index is 13.7. The Hall–Kier alpha value is -3.30. The number of carbonyl (C=O) groups excluding carboxylic acids is 1. The van der Waals surface area contributed by atoms with E-state index in [9.17, 15) is 4.79 Å². The molecule has 1 aliphatic heterocycles. The first-order chi connectivity index (χ1) is 15.8. The van der Waals surface area contributed by atoms with Gasteiger partial charge in [0.25, 0.3) is 0 Å². The van der Waals surface area contributed by atoms with E-state index < -0.39 is 0 Å². The molecule has 156 valence electrons. The molecule has 2 nitrogen and oxygen atoms in total. The summed E-state index contributed by atoms with van der Waals surface area (Å²) in [7, 11) is 0. The Morgan fingerprint density at radius 2 is 1.53 bits per heavy atom. The van der Waals surface area contributed by atoms with Crippen LogP contribution in [0, 0.1) is 0 Å². The second-order valence-electron chi connectivity index (χ2n) is 8.39. The van der Waals surface area contributed by atoms with Crippen molar-refractivity contribution in [2.24, 2.45) is 0 Å². The van der Waals surface area contributed by atoms with Crippen LogP contribution in [0.1, 0.15) is 45.6 Å². The fraction of sp³-hybridized carbons (Fsp3) is 0.138. The van der Waals surface area contributed by atoms with E-state index in [1.807, 2.05) is 24.3 Å². The van der Waals surface area contributed by atoms with E-state index in [2.05, 4.69) is 72.9 Å². The number of benzene rings is 4. The number of fused-ring (bicyclic) bond motifs is 4. The molecule has 0 saturated heterocycles. The van der Waals surface area contributed by atoms with Gasteiger partial charge in [-0.25, -0.2) is 0 Å². The molecular formula is C29H23NOS. The summed E-state index contributed by atoms with van der Waals surface area (Å²) < 4.78 is 0. The molecule has 0 saturated carbocycles. The largest absolute Gasteiger partial charge is 0.354 e. The van der Waals surface area contributed by atoms with Crippen LogP contribution in [-0.2, 0) is 6.42 Å². The number of ketones is 1. The molecule has 0 bridgehead atoms. The van der Waals surface area contributed by atoms with Gasteiger partial charge in [0.15, 0.2) is 5.78 Å². The Bertz CT molecular complexity index is 1420. The molecule has 0 fully saturated rings. The lowest BCUT2D eigenvalue weighted by atomic mass is 9.92. The second kappa shape index (κ2) is 7.68. The quantitative estimate of drug-likeness (QED) is 0.360. The van der Waals surface area contributed by atoms with Gasteiger partial charge in [0.05, 0.1) is 16.6 Å². The Morgan fingerprint density at radius 1 is 0.812 bits per heavy atom. The van der Waals surface area contributed by atoms with Crippen LogP contribution in [0.25, 0.3) is 16.5 Å². The van der Waals surface area contributed by atoms with Gasteiger partial charge in [-0.15, -0.1) is 11.8 Å². The summed E-state index contributed by atoms with van der Waals surface area (Å²) in [5.41, 5.74) is 7.25. The number of rotatable bonds is 3. The van der Waals surface area contributed by atoms with Crippen LogP contribution in [0.5, 0.6) is 0 Å². The first-order valence-corrected chi connectivity index (χ1v) is 12.1. The Kier molecular flexibility index (Phi) is 4.65. The summed E-state index contributed by atoms with van der Waals surface area (Å²) in [5, 5.41) is 6.08. The average molecular weight is 434 g/mol. The van der Waals surface area contributed by atoms with Crippen LogP contribution in [-0.4, -0.2) is 5.78 Å². The number of para-hydroxylation sites is 1. The number of nitrogens with one attached hydrogen (secondary N) is 1. The lowest BCUT2D eigenvalue weighted by Gasteiger charge is -2.20. The number of hydrogen-bond acceptors (Lipinski definition) is 3. The second-order valence-corrected chi connectivity index (χ2v) is 9.54. The first kappa shape index (κ1) is 19.4. The lowest BCUT2D eigenvalue weighted by Crippen LogP contribution is -2.08. The molecule has 1 unspecified atom stereocenters. The molecule has 0 aromatic heterocycles. The number of aryl methyl sites for hydroxylation is 1. The number of thioether (sulfide) groups is 1. The van der Waals surface area contributed by atoms with Crippen molar-refractivity contribution in [3.63, 3.8) is 0 Å². The van der Waals surface area contributed by atoms with Crippen molar-refractivity contribution in [2.45, 2.75) is 29.9 Å². The highest BCUT2D eigenvalue weighted by Crippen LogP contribution is 2.53. The van der Waals surface area contributed by atoms with E-state index in [0.29, 0.717) is 0 Å². The fourth-order valence-corrected chi connectivity index (χ4v) is 6.33. The summed E-state index contributed by atoms with van der Waals surface area (Å²) in [5.74, 6) is 0.134. The summed E-state index contributed by atoms with van der Waals surface area (Å²) in [6.07, 6.45) is 2.17. The summed E-state index contributed by atoms with van der Waals surface area (Å²) in [6.45, 7) is 2.22. The van der Waals surface area contributed by atoms with Gasteiger partial charge >= 0.3 is 0 Å². The Labute approximate surface area is 192 Å². The van der Waals surface area contributed by atoms with Crippen LogP contribution in [0.4, 0.5) is 5.69 Å². The van der Waals surface area contributed by atoms with E-state index in [1.54, 1.807) is 11.8 Å². The number of carbonyl (C=O) groups is 1. The molecule has 1 atom stereocenters. The van der Waals surface area contributed by atoms with Crippen molar-refractivity contribution < 1.29 is 4.79 Å². The van der Waals surface area contributed by atoms with Gasteiger partial charge < -0.3 is 5.32 Å². The van der Waals surface area contributed by atoms with Crippen LogP contribution < -0.4 is 5.32 Å². The standard InChI is InChI=1S/C29H23NOS/c1-2-9-18-16-17-23(20-11-4-3-10-19(18)20)29-26-27(21-12-5-6-13-22(21)28(26)31)30-24-14-7-8-15-25(24)32-29/h3-8,10-17,29-30H,2,9H2,1H3. The maximum absolute atomic E-state index is 13.7. The fourth-order valence-electron chi connectivity index (χ4n) is 5.00. The Morgan fingerprint density at radius 3 is 2.38 bits per heavy atom. The van der Waals surface area contributed by atoms with Crippen molar-refractivity contribution in [1.29, 1.82) is 0 Å². The van der Waals surface area contributed by atoms with Crippen LogP contribution in [0.3, 0.4) is 0 Å². The maximum Gasteiger partial charge on any atom is 0.193 e. The minimum atomic E-state index is -0.0818. The van der Waals surface area contributed by atoms with E-state index >= 15 is 0 Å². The van der Waals surface area contributed by atoms with Gasteiger partial charge in [-0.3, -0.25) is 4.79 Å². The SMILES string of the molecule is CCCc1ccc(C2Sc3ccccc3NC3=C2C(=O)c2ccccc23)c2ccccc12. The number of anilines is 1. The molecule has 0 spiro atoms. The van der Waals surface area contributed by atoms with Crippen LogP contribution in [0.15, 0.2) is 95.4 Å². The number of Topliss-reactive ketones (excluding diaryl/α,β-unsaturated/α-hetero) is 1. The van der Waals surface area contributed by atoms with E-state index in [1.165, 1.54) is 26.8 Å². The minimum absolute atomic E-state index is 0.0818. The summed E-state index contributed by atoms with van der Waals surface area (Å²) in [4.78, 5) is 14.9. The zero-order chi connectivity index (χ0) is 21.7. The van der Waals surface area contributed by atoms with Crippen molar-refractivity contribution in [1.82, 2.24) is 0 Å². The average Bonchev–Trinajstić information content (AvgIpc) is 2.99. The van der Waals surface area contributed by atoms with E-state index in [-0.39, 0.29) is 11.0 Å². The zero-order valence-corrected chi connectivity index (χ0v) is 18.7. The van der Waals surface area contributed by atoms with Gasteiger partial charge in [0.1, 0.15) is 0 Å². The molecular weight excluding hydrogens is 410 g/mol. The summed E-state index contributed by atoms with van der Waals surface area (Å²) in [6, 6.07) is 29.5. The van der Waals surface area contributed by atoms with Crippen LogP contribution in [0.2, 0.25) is 0 Å². The molecule has 4 aromatic carbocycles. The molecule has 0 amide bonds. The highest BCUT2D eigenvalue weighted by Gasteiger charge is 2.38. The van der Waals surface area contributed by atoms with Gasteiger partial charge in [0, 0.05) is 21.6 Å². The van der Waals surface area contributed by atoms with Crippen molar-refractivity contribution in [3.8, 4) is 0 Å². The predicted molar refractivity (Wildman–Crippen MR) is 134 cm³/mol. The molecule has 3 heteroatoms. The topological polar surface area (TPSA) is 29.1 Å². The van der Waals surface area contributed by atoms with Crippen molar-refractivity contribution in [3.05, 3.63) is 113 Å². The molecule has 6 rings (SSSR count). The third kappa shape index (κ3) is 2.92. The van der Waals surface area contributed by atoms with Gasteiger partial charge in [-0.05, 0) is 40.5 Å². The minimum Gasteiger partial charge on any atom is -0.354 e. The first-order valence-electron chi connectivity index (χ1n) is 11.2. The lowest BCUT2D eigenvalue weighted by molar-refractivity contribution is 0.103. The molecule has 2 aliphatic rings. The van der Waals surface area contributed by atoms with Crippen molar-refractivity contribution >= 4 is 39.7 Å². The summed E-state index contributed by atoms with van der Waals surface area (Å²) >= 11 is 1.77. The third-order valence-electron chi connectivity index (χ3n) is 6.46. The van der Waals surface area contributed by atoms with E-state index in [4.69, 9.17) is 0 Å². The van der Waals surface area contributed by atoms with Gasteiger partial charge in [-0.1, -0.05) is 86.1 Å². The van der Waals surface area contributed by atoms with Crippen LogP contribution >= 0.6 is 11.8 Å². The molecule has 0 radical (unpaired) electrons. The normalized spacial score (nSPS) is 16.9. The molecule has 1 N–H and O–H groups in total. The molecule has 32 heavy (non-hydrogen) atoms. The Balaban J connectivity index is 1.62. The highest BCUT2D eigenvalue weighted by molar-refractivity contribution is 8.00. The van der Waals surface area contributed by atoms with E-state index in [0.717, 1.165) is 40.9 Å². The third-order valence-corrected chi connectivity index (χ3v) is 7.79.